The van der Waals surface area contributed by atoms with Gasteiger partial charge in [0.1, 0.15) is 12.4 Å². The molecule has 0 heterocycles. The fraction of sp³-hybridized carbons (Fsp3) is 0.818. The Labute approximate surface area is 169 Å². The Morgan fingerprint density at radius 2 is 1.96 bits per heavy atom. The van der Waals surface area contributed by atoms with Crippen molar-refractivity contribution in [1.82, 2.24) is 0 Å². The zero-order valence-corrected chi connectivity index (χ0v) is 17.7. The molecular formula is C22H35ClN2O2. The summed E-state index contributed by atoms with van der Waals surface area (Å²) in [5, 5.41) is 4.36. The van der Waals surface area contributed by atoms with Gasteiger partial charge in [0.25, 0.3) is 0 Å². The molecule has 0 aliphatic heterocycles. The van der Waals surface area contributed by atoms with Crippen LogP contribution in [0.5, 0.6) is 0 Å². The molecule has 4 aliphatic carbocycles. The molecule has 0 amide bonds. The van der Waals surface area contributed by atoms with Crippen molar-refractivity contribution in [2.24, 2.45) is 45.4 Å². The molecular weight excluding hydrogens is 360 g/mol. The largest absolute Gasteiger partial charge is 0.395 e. The minimum absolute atomic E-state index is 0. The van der Waals surface area contributed by atoms with E-state index in [-0.39, 0.29) is 17.8 Å². The van der Waals surface area contributed by atoms with Gasteiger partial charge in [-0.1, -0.05) is 31.2 Å². The number of fused-ring (bicyclic) bond motifs is 5. The van der Waals surface area contributed by atoms with Gasteiger partial charge in [0.2, 0.25) is 0 Å². The first-order chi connectivity index (χ1) is 12.4. The molecule has 0 radical (unpaired) electrons. The molecule has 5 heteroatoms. The van der Waals surface area contributed by atoms with Crippen molar-refractivity contribution in [3.63, 3.8) is 0 Å². The van der Waals surface area contributed by atoms with E-state index in [0.29, 0.717) is 48.0 Å². The normalized spacial score (nSPS) is 44.9. The molecule has 0 spiro atoms. The zero-order chi connectivity index (χ0) is 18.5. The van der Waals surface area contributed by atoms with Gasteiger partial charge in [-0.05, 0) is 74.0 Å². The summed E-state index contributed by atoms with van der Waals surface area (Å²) in [5.74, 6) is 2.89. The number of nitrogens with two attached hydrogens (primary N) is 1. The van der Waals surface area contributed by atoms with Crippen LogP contribution in [0.1, 0.15) is 65.2 Å². The summed E-state index contributed by atoms with van der Waals surface area (Å²) in [4.78, 5) is 17.9. The Morgan fingerprint density at radius 3 is 2.70 bits per heavy atom. The van der Waals surface area contributed by atoms with Gasteiger partial charge in [-0.2, -0.15) is 0 Å². The van der Waals surface area contributed by atoms with E-state index in [9.17, 15) is 4.79 Å². The van der Waals surface area contributed by atoms with Crippen molar-refractivity contribution >= 4 is 23.9 Å². The van der Waals surface area contributed by atoms with Crippen LogP contribution < -0.4 is 5.73 Å². The Morgan fingerprint density at radius 1 is 1.19 bits per heavy atom. The number of allylic oxidation sites excluding steroid dienone is 1. The van der Waals surface area contributed by atoms with Crippen LogP contribution in [0.2, 0.25) is 0 Å². The average Bonchev–Trinajstić information content (AvgIpc) is 2.92. The van der Waals surface area contributed by atoms with Gasteiger partial charge in [-0.3, -0.25) is 4.79 Å². The predicted octanol–water partition coefficient (Wildman–Crippen LogP) is 4.52. The lowest BCUT2D eigenvalue weighted by atomic mass is 9.44. The van der Waals surface area contributed by atoms with Gasteiger partial charge in [0.05, 0.1) is 5.71 Å². The molecule has 4 nitrogen and oxygen atoms in total. The maximum absolute atomic E-state index is 12.6. The highest BCUT2D eigenvalue weighted by atomic mass is 35.5. The molecule has 27 heavy (non-hydrogen) atoms. The third-order valence-electron chi connectivity index (χ3n) is 8.58. The lowest BCUT2D eigenvalue weighted by Gasteiger charge is -2.60. The summed E-state index contributed by atoms with van der Waals surface area (Å²) in [6, 6.07) is 0. The summed E-state index contributed by atoms with van der Waals surface area (Å²) in [6.07, 6.45) is 8.48. The predicted molar refractivity (Wildman–Crippen MR) is 111 cm³/mol. The number of Topliss-reactive ketones (excluding diaryl/α,β-unsaturated/α-hetero) is 1. The SMILES string of the molecule is C=C1CC2C/C(=N\OCCN)CC[C@]2(C)[C@H]2CC[C@]3(C)C(=O)CC[C@H]3[C@H]12.Cl. The van der Waals surface area contributed by atoms with Gasteiger partial charge in [0, 0.05) is 18.4 Å². The molecule has 4 rings (SSSR count). The number of halogens is 1. The van der Waals surface area contributed by atoms with Gasteiger partial charge in [-0.25, -0.2) is 0 Å². The maximum atomic E-state index is 12.6. The second-order valence-electron chi connectivity index (χ2n) is 9.71. The first-order valence-electron chi connectivity index (χ1n) is 10.5. The highest BCUT2D eigenvalue weighted by Crippen LogP contribution is 2.66. The monoisotopic (exact) mass is 394 g/mol. The van der Waals surface area contributed by atoms with Crippen molar-refractivity contribution in [1.29, 1.82) is 0 Å². The molecule has 0 aromatic carbocycles. The van der Waals surface area contributed by atoms with Crippen molar-refractivity contribution in [3.8, 4) is 0 Å². The number of rotatable bonds is 3. The summed E-state index contributed by atoms with van der Waals surface area (Å²) in [5.41, 5.74) is 8.38. The van der Waals surface area contributed by atoms with E-state index in [2.05, 4.69) is 25.6 Å². The molecule has 6 atom stereocenters. The van der Waals surface area contributed by atoms with E-state index >= 15 is 0 Å². The number of oxime groups is 1. The van der Waals surface area contributed by atoms with E-state index in [4.69, 9.17) is 10.6 Å². The average molecular weight is 395 g/mol. The number of nitrogens with zero attached hydrogens (tertiary/aromatic N) is 1. The van der Waals surface area contributed by atoms with Crippen molar-refractivity contribution < 1.29 is 9.63 Å². The van der Waals surface area contributed by atoms with Crippen LogP contribution in [-0.2, 0) is 9.63 Å². The Kier molecular flexibility index (Phi) is 5.80. The number of hydrogen-bond donors (Lipinski definition) is 1. The number of carbonyl (C=O) groups excluding carboxylic acids is 1. The fourth-order valence-corrected chi connectivity index (χ4v) is 6.98. The van der Waals surface area contributed by atoms with Crippen LogP contribution in [0.25, 0.3) is 0 Å². The highest BCUT2D eigenvalue weighted by molar-refractivity contribution is 5.87. The first kappa shape index (κ1) is 20.9. The van der Waals surface area contributed by atoms with Crippen LogP contribution in [0.15, 0.2) is 17.3 Å². The Balaban J connectivity index is 0.00000210. The van der Waals surface area contributed by atoms with Crippen molar-refractivity contribution in [2.45, 2.75) is 65.2 Å². The summed E-state index contributed by atoms with van der Waals surface area (Å²) in [7, 11) is 0. The van der Waals surface area contributed by atoms with Gasteiger partial charge >= 0.3 is 0 Å². The molecule has 0 bridgehead atoms. The minimum Gasteiger partial charge on any atom is -0.395 e. The Hall–Kier alpha value is -0.870. The van der Waals surface area contributed by atoms with Gasteiger partial charge < -0.3 is 10.6 Å². The first-order valence-corrected chi connectivity index (χ1v) is 10.5. The molecule has 0 aromatic heterocycles. The van der Waals surface area contributed by atoms with Gasteiger partial charge in [0.15, 0.2) is 0 Å². The Bertz CT molecular complexity index is 648. The minimum atomic E-state index is -0.0787. The molecule has 0 aromatic rings. The third kappa shape index (κ3) is 3.17. The second kappa shape index (κ2) is 7.51. The van der Waals surface area contributed by atoms with Crippen LogP contribution in [-0.4, -0.2) is 24.6 Å². The molecule has 2 N–H and O–H groups in total. The summed E-state index contributed by atoms with van der Waals surface area (Å²) < 4.78 is 0. The second-order valence-corrected chi connectivity index (χ2v) is 9.71. The number of ketones is 1. The van der Waals surface area contributed by atoms with Crippen molar-refractivity contribution in [2.75, 3.05) is 13.2 Å². The topological polar surface area (TPSA) is 64.7 Å². The summed E-state index contributed by atoms with van der Waals surface area (Å²) >= 11 is 0. The van der Waals surface area contributed by atoms with E-state index in [1.807, 2.05) is 0 Å². The van der Waals surface area contributed by atoms with Crippen LogP contribution in [0, 0.1) is 34.5 Å². The molecule has 4 saturated carbocycles. The van der Waals surface area contributed by atoms with E-state index in [1.165, 1.54) is 24.1 Å². The number of carbonyl (C=O) groups is 1. The summed E-state index contributed by atoms with van der Waals surface area (Å²) in [6.45, 7) is 10.3. The van der Waals surface area contributed by atoms with Gasteiger partial charge in [-0.15, -0.1) is 12.4 Å². The molecule has 4 aliphatic rings. The zero-order valence-electron chi connectivity index (χ0n) is 16.8. The van der Waals surface area contributed by atoms with Crippen molar-refractivity contribution in [3.05, 3.63) is 12.2 Å². The smallest absolute Gasteiger partial charge is 0.139 e. The van der Waals surface area contributed by atoms with Crippen LogP contribution in [0.4, 0.5) is 0 Å². The lowest BCUT2D eigenvalue weighted by molar-refractivity contribution is -0.133. The molecule has 0 saturated heterocycles. The third-order valence-corrected chi connectivity index (χ3v) is 8.58. The molecule has 152 valence electrons. The molecule has 4 fully saturated rings. The van der Waals surface area contributed by atoms with E-state index in [0.717, 1.165) is 38.5 Å². The maximum Gasteiger partial charge on any atom is 0.139 e. The lowest BCUT2D eigenvalue weighted by Crippen LogP contribution is -2.54. The van der Waals surface area contributed by atoms with E-state index < -0.39 is 0 Å². The standard InChI is InChI=1S/C22H34N2O2.ClH/c1-14-12-15-13-16(24-26-11-10-23)6-8-21(15,2)18-7-9-22(3)17(20(14)18)4-5-19(22)25;/h15,17-18,20H,1,4-13,23H2,2-3H3;1H/b24-16-;/t15?,17-,18-,20-,21-,22-;/m0./s1. The quantitative estimate of drug-likeness (QED) is 0.435. The van der Waals surface area contributed by atoms with Crippen LogP contribution in [0.3, 0.4) is 0 Å². The van der Waals surface area contributed by atoms with E-state index in [1.54, 1.807) is 0 Å². The highest BCUT2D eigenvalue weighted by Gasteiger charge is 2.61. The van der Waals surface area contributed by atoms with Crippen LogP contribution >= 0.6 is 12.4 Å². The number of hydrogen-bond acceptors (Lipinski definition) is 4. The molecule has 1 unspecified atom stereocenters. The fourth-order valence-electron chi connectivity index (χ4n) is 6.98.